The van der Waals surface area contributed by atoms with Gasteiger partial charge in [0.1, 0.15) is 0 Å². The Morgan fingerprint density at radius 1 is 0.727 bits per heavy atom. The Balaban J connectivity index is 1.10. The van der Waals surface area contributed by atoms with E-state index in [1.54, 1.807) is 0 Å². The van der Waals surface area contributed by atoms with Crippen molar-refractivity contribution in [3.63, 3.8) is 0 Å². The SMILES string of the molecule is COC1CCC(C2COC(C3CCC(C4CCC(CCCC=C(F)F)CC4)CC3)OC2)CC1. The minimum atomic E-state index is -1.52. The van der Waals surface area contributed by atoms with Crippen LogP contribution in [-0.2, 0) is 14.2 Å². The Kier molecular flexibility index (Phi) is 10.1. The highest BCUT2D eigenvalue weighted by Gasteiger charge is 2.37. The maximum absolute atomic E-state index is 12.2. The molecule has 33 heavy (non-hydrogen) atoms. The molecule has 0 bridgehead atoms. The van der Waals surface area contributed by atoms with Crippen molar-refractivity contribution in [1.82, 2.24) is 0 Å². The Morgan fingerprint density at radius 3 is 1.82 bits per heavy atom. The summed E-state index contributed by atoms with van der Waals surface area (Å²) >= 11 is 0. The summed E-state index contributed by atoms with van der Waals surface area (Å²) in [5.74, 6) is 4.40. The maximum atomic E-state index is 12.2. The molecule has 0 N–H and O–H groups in total. The van der Waals surface area contributed by atoms with Crippen LogP contribution >= 0.6 is 0 Å². The first kappa shape index (κ1) is 25.6. The molecular formula is C28H46F2O3. The second kappa shape index (κ2) is 13.0. The second-order valence-corrected chi connectivity index (χ2v) is 11.4. The lowest BCUT2D eigenvalue weighted by molar-refractivity contribution is -0.238. The number of methoxy groups -OCH3 is 1. The van der Waals surface area contributed by atoms with Crippen LogP contribution in [0.15, 0.2) is 12.2 Å². The fourth-order valence-corrected chi connectivity index (χ4v) is 7.33. The lowest BCUT2D eigenvalue weighted by atomic mass is 9.68. The first-order valence-electron chi connectivity index (χ1n) is 13.9. The molecule has 0 atom stereocenters. The molecule has 0 aromatic rings. The average Bonchev–Trinajstić information content (AvgIpc) is 2.87. The predicted molar refractivity (Wildman–Crippen MR) is 127 cm³/mol. The lowest BCUT2D eigenvalue weighted by Crippen LogP contribution is -2.42. The molecule has 0 radical (unpaired) electrons. The number of unbranched alkanes of at least 4 members (excludes halogenated alkanes) is 1. The number of allylic oxidation sites excluding steroid dienone is 1. The quantitative estimate of drug-likeness (QED) is 0.341. The molecule has 3 nitrogen and oxygen atoms in total. The van der Waals surface area contributed by atoms with Crippen molar-refractivity contribution in [1.29, 1.82) is 0 Å². The van der Waals surface area contributed by atoms with Gasteiger partial charge < -0.3 is 14.2 Å². The van der Waals surface area contributed by atoms with Crippen molar-refractivity contribution in [3.05, 3.63) is 12.2 Å². The number of hydrogen-bond donors (Lipinski definition) is 0. The standard InChI is InChI=1S/C28H46F2O3/c1-31-26-16-14-23(15-17-26)25-18-32-28(33-19-25)24-12-10-22(11-13-24)21-8-6-20(7-9-21)4-2-3-5-27(29)30/h5,20-26,28H,2-4,6-19H2,1H3. The zero-order valence-electron chi connectivity index (χ0n) is 20.7. The fraction of sp³-hybridized carbons (Fsp3) is 0.929. The fourth-order valence-electron chi connectivity index (χ4n) is 7.33. The zero-order chi connectivity index (χ0) is 23.0. The summed E-state index contributed by atoms with van der Waals surface area (Å²) in [6, 6.07) is 0. The third-order valence-electron chi connectivity index (χ3n) is 9.54. The molecule has 1 aliphatic heterocycles. The van der Waals surface area contributed by atoms with Crippen LogP contribution in [0.3, 0.4) is 0 Å². The molecule has 5 heteroatoms. The van der Waals surface area contributed by atoms with Crippen molar-refractivity contribution < 1.29 is 23.0 Å². The topological polar surface area (TPSA) is 27.7 Å². The first-order chi connectivity index (χ1) is 16.1. The van der Waals surface area contributed by atoms with Crippen LogP contribution in [0.4, 0.5) is 8.78 Å². The summed E-state index contributed by atoms with van der Waals surface area (Å²) in [7, 11) is 1.84. The molecule has 0 aromatic carbocycles. The van der Waals surface area contributed by atoms with E-state index < -0.39 is 6.08 Å². The molecule has 0 aromatic heterocycles. The van der Waals surface area contributed by atoms with Crippen LogP contribution in [0.25, 0.3) is 0 Å². The van der Waals surface area contributed by atoms with Gasteiger partial charge in [-0.2, -0.15) is 8.78 Å². The van der Waals surface area contributed by atoms with Crippen LogP contribution < -0.4 is 0 Å². The van der Waals surface area contributed by atoms with Crippen LogP contribution in [0.2, 0.25) is 0 Å². The molecule has 190 valence electrons. The van der Waals surface area contributed by atoms with Gasteiger partial charge in [-0.1, -0.05) is 19.3 Å². The van der Waals surface area contributed by atoms with Gasteiger partial charge in [0.05, 0.1) is 19.3 Å². The van der Waals surface area contributed by atoms with Gasteiger partial charge in [-0.25, -0.2) is 0 Å². The summed E-state index contributed by atoms with van der Waals surface area (Å²) in [6.45, 7) is 1.76. The highest BCUT2D eigenvalue weighted by molar-refractivity contribution is 4.86. The summed E-state index contributed by atoms with van der Waals surface area (Å²) in [5, 5.41) is 0. The minimum Gasteiger partial charge on any atom is -0.381 e. The summed E-state index contributed by atoms with van der Waals surface area (Å²) in [5.41, 5.74) is 0. The Labute approximate surface area is 200 Å². The predicted octanol–water partition coefficient (Wildman–Crippen LogP) is 7.74. The van der Waals surface area contributed by atoms with Crippen LogP contribution in [0, 0.1) is 35.5 Å². The molecular weight excluding hydrogens is 422 g/mol. The van der Waals surface area contributed by atoms with Gasteiger partial charge in [-0.15, -0.1) is 0 Å². The van der Waals surface area contributed by atoms with Crippen molar-refractivity contribution in [2.45, 2.75) is 109 Å². The number of rotatable bonds is 8. The van der Waals surface area contributed by atoms with Crippen LogP contribution in [-0.4, -0.2) is 32.7 Å². The van der Waals surface area contributed by atoms with Crippen molar-refractivity contribution in [2.75, 3.05) is 20.3 Å². The summed E-state index contributed by atoms with van der Waals surface area (Å²) in [4.78, 5) is 0. The van der Waals surface area contributed by atoms with Gasteiger partial charge in [0.25, 0.3) is 6.08 Å². The van der Waals surface area contributed by atoms with E-state index in [1.807, 2.05) is 7.11 Å². The average molecular weight is 469 g/mol. The number of halogens is 2. The van der Waals surface area contributed by atoms with E-state index >= 15 is 0 Å². The highest BCUT2D eigenvalue weighted by Crippen LogP contribution is 2.44. The maximum Gasteiger partial charge on any atom is 0.266 e. The van der Waals surface area contributed by atoms with Crippen LogP contribution in [0.5, 0.6) is 0 Å². The molecule has 4 fully saturated rings. The zero-order valence-corrected chi connectivity index (χ0v) is 20.7. The first-order valence-corrected chi connectivity index (χ1v) is 13.9. The van der Waals surface area contributed by atoms with E-state index in [2.05, 4.69) is 0 Å². The summed E-state index contributed by atoms with van der Waals surface area (Å²) < 4.78 is 42.4. The normalized spacial score (nSPS) is 40.3. The molecule has 0 spiro atoms. The van der Waals surface area contributed by atoms with E-state index in [9.17, 15) is 8.78 Å². The van der Waals surface area contributed by atoms with Crippen molar-refractivity contribution in [3.8, 4) is 0 Å². The Bertz CT molecular complexity index is 576. The largest absolute Gasteiger partial charge is 0.381 e. The van der Waals surface area contributed by atoms with Crippen molar-refractivity contribution in [2.24, 2.45) is 35.5 Å². The van der Waals surface area contributed by atoms with Gasteiger partial charge >= 0.3 is 0 Å². The highest BCUT2D eigenvalue weighted by atomic mass is 19.3. The monoisotopic (exact) mass is 468 g/mol. The van der Waals surface area contributed by atoms with Gasteiger partial charge in [0.2, 0.25) is 0 Å². The molecule has 3 aliphatic carbocycles. The third kappa shape index (κ3) is 7.48. The van der Waals surface area contributed by atoms with E-state index in [0.29, 0.717) is 24.4 Å². The van der Waals surface area contributed by atoms with E-state index in [1.165, 1.54) is 77.0 Å². The van der Waals surface area contributed by atoms with E-state index in [0.717, 1.165) is 55.8 Å². The Hall–Kier alpha value is -0.520. The van der Waals surface area contributed by atoms with E-state index in [-0.39, 0.29) is 6.29 Å². The number of ether oxygens (including phenoxy) is 3. The molecule has 0 amide bonds. The molecule has 0 unspecified atom stereocenters. The van der Waals surface area contributed by atoms with Gasteiger partial charge in [-0.3, -0.25) is 0 Å². The molecule has 1 saturated heterocycles. The van der Waals surface area contributed by atoms with Crippen molar-refractivity contribution >= 4 is 0 Å². The third-order valence-corrected chi connectivity index (χ3v) is 9.54. The lowest BCUT2D eigenvalue weighted by Gasteiger charge is -2.42. The Morgan fingerprint density at radius 2 is 1.24 bits per heavy atom. The van der Waals surface area contributed by atoms with Crippen LogP contribution in [0.1, 0.15) is 96.3 Å². The minimum absolute atomic E-state index is 0.0245. The van der Waals surface area contributed by atoms with Gasteiger partial charge in [0, 0.05) is 18.9 Å². The number of hydrogen-bond acceptors (Lipinski definition) is 3. The smallest absolute Gasteiger partial charge is 0.266 e. The summed E-state index contributed by atoms with van der Waals surface area (Å²) in [6.07, 6.45) is 17.9. The molecule has 3 saturated carbocycles. The second-order valence-electron chi connectivity index (χ2n) is 11.4. The molecule has 4 aliphatic rings. The molecule has 4 rings (SSSR count). The molecule has 1 heterocycles. The van der Waals surface area contributed by atoms with Gasteiger partial charge in [-0.05, 0) is 107 Å². The van der Waals surface area contributed by atoms with E-state index in [4.69, 9.17) is 14.2 Å². The van der Waals surface area contributed by atoms with Gasteiger partial charge in [0.15, 0.2) is 6.29 Å².